The van der Waals surface area contributed by atoms with Gasteiger partial charge < -0.3 is 15.0 Å². The predicted molar refractivity (Wildman–Crippen MR) is 105 cm³/mol. The van der Waals surface area contributed by atoms with Gasteiger partial charge in [-0.05, 0) is 36.4 Å². The Morgan fingerprint density at radius 3 is 2.53 bits per heavy atom. The standard InChI is InChI=1S/C21H18ClF3N2O3/c22-14-2-1-3-15(11-14)26-19(29)27-8-6-20(7-9-27)12-17(28)16-5-4-13(21(23,24)25)10-18(16)30-20/h1-5,10-11H,6-9,12H2,(H,26,29). The molecule has 1 N–H and O–H groups in total. The number of rotatable bonds is 1. The topological polar surface area (TPSA) is 58.6 Å². The molecule has 5 nitrogen and oxygen atoms in total. The van der Waals surface area contributed by atoms with Crippen molar-refractivity contribution in [1.29, 1.82) is 0 Å². The lowest BCUT2D eigenvalue weighted by molar-refractivity contribution is -0.137. The molecule has 158 valence electrons. The molecule has 2 aliphatic heterocycles. The molecule has 30 heavy (non-hydrogen) atoms. The molecule has 0 aromatic heterocycles. The van der Waals surface area contributed by atoms with Crippen molar-refractivity contribution in [2.75, 3.05) is 18.4 Å². The third-order valence-corrected chi connectivity index (χ3v) is 5.69. The normalized spacial score (nSPS) is 18.0. The number of carbonyl (C=O) groups excluding carboxylic acids is 2. The molecule has 2 aliphatic rings. The van der Waals surface area contributed by atoms with E-state index in [-0.39, 0.29) is 29.5 Å². The molecule has 1 saturated heterocycles. The number of hydrogen-bond donors (Lipinski definition) is 1. The number of likely N-dealkylation sites (tertiary alicyclic amines) is 1. The van der Waals surface area contributed by atoms with Crippen molar-refractivity contribution in [3.63, 3.8) is 0 Å². The number of ketones is 1. The summed E-state index contributed by atoms with van der Waals surface area (Å²) in [6.45, 7) is 0.627. The lowest BCUT2D eigenvalue weighted by atomic mass is 9.82. The Bertz CT molecular complexity index is 1000. The number of piperidine rings is 1. The van der Waals surface area contributed by atoms with E-state index in [2.05, 4.69) is 5.32 Å². The van der Waals surface area contributed by atoms with Crippen LogP contribution in [0.1, 0.15) is 35.2 Å². The lowest BCUT2D eigenvalue weighted by Gasteiger charge is -2.44. The van der Waals surface area contributed by atoms with Crippen molar-refractivity contribution in [3.8, 4) is 5.75 Å². The van der Waals surface area contributed by atoms with Crippen molar-refractivity contribution < 1.29 is 27.5 Å². The second-order valence-corrected chi connectivity index (χ2v) is 7.96. The number of amides is 2. The number of carbonyl (C=O) groups is 2. The number of nitrogens with one attached hydrogen (secondary N) is 1. The first kappa shape index (κ1) is 20.5. The molecule has 2 aromatic rings. The van der Waals surface area contributed by atoms with E-state index in [0.717, 1.165) is 12.1 Å². The second-order valence-electron chi connectivity index (χ2n) is 7.52. The van der Waals surface area contributed by atoms with E-state index in [1.807, 2.05) is 0 Å². The first-order chi connectivity index (χ1) is 14.2. The van der Waals surface area contributed by atoms with E-state index >= 15 is 0 Å². The Labute approximate surface area is 175 Å². The molecular formula is C21H18ClF3N2O3. The van der Waals surface area contributed by atoms with Crippen LogP contribution in [0.25, 0.3) is 0 Å². The summed E-state index contributed by atoms with van der Waals surface area (Å²) in [5, 5.41) is 3.26. The van der Waals surface area contributed by atoms with Crippen molar-refractivity contribution in [2.24, 2.45) is 0 Å². The predicted octanol–water partition coefficient (Wildman–Crippen LogP) is 5.39. The maximum absolute atomic E-state index is 13.0. The fourth-order valence-electron chi connectivity index (χ4n) is 3.84. The average molecular weight is 439 g/mol. The van der Waals surface area contributed by atoms with Gasteiger partial charge in [0.05, 0.1) is 17.5 Å². The molecular weight excluding hydrogens is 421 g/mol. The van der Waals surface area contributed by atoms with Crippen molar-refractivity contribution in [3.05, 3.63) is 58.6 Å². The number of Topliss-reactive ketones (excluding diaryl/α,β-unsaturated/α-hetero) is 1. The quantitative estimate of drug-likeness (QED) is 0.649. The van der Waals surface area contributed by atoms with Crippen LogP contribution in [0.2, 0.25) is 5.02 Å². The molecule has 2 aromatic carbocycles. The Morgan fingerprint density at radius 1 is 1.13 bits per heavy atom. The third-order valence-electron chi connectivity index (χ3n) is 5.46. The van der Waals surface area contributed by atoms with Crippen LogP contribution in [-0.2, 0) is 6.18 Å². The van der Waals surface area contributed by atoms with E-state index in [1.165, 1.54) is 6.07 Å². The Hall–Kier alpha value is -2.74. The number of hydrogen-bond acceptors (Lipinski definition) is 3. The number of benzene rings is 2. The minimum Gasteiger partial charge on any atom is -0.486 e. The Morgan fingerprint density at radius 2 is 1.87 bits per heavy atom. The van der Waals surface area contributed by atoms with Gasteiger partial charge >= 0.3 is 12.2 Å². The van der Waals surface area contributed by atoms with Gasteiger partial charge in [0, 0.05) is 36.6 Å². The van der Waals surface area contributed by atoms with Gasteiger partial charge in [-0.15, -0.1) is 0 Å². The van der Waals surface area contributed by atoms with E-state index < -0.39 is 17.3 Å². The highest BCUT2D eigenvalue weighted by atomic mass is 35.5. The molecule has 0 bridgehead atoms. The molecule has 2 heterocycles. The van der Waals surface area contributed by atoms with Crippen LogP contribution < -0.4 is 10.1 Å². The highest BCUT2D eigenvalue weighted by Gasteiger charge is 2.44. The van der Waals surface area contributed by atoms with E-state index in [0.29, 0.717) is 36.6 Å². The number of ether oxygens (including phenoxy) is 1. The van der Waals surface area contributed by atoms with Crippen LogP contribution in [0.15, 0.2) is 42.5 Å². The molecule has 0 atom stereocenters. The van der Waals surface area contributed by atoms with E-state index in [1.54, 1.807) is 29.2 Å². The Kier molecular flexibility index (Phi) is 5.13. The van der Waals surface area contributed by atoms with Gasteiger partial charge in [-0.2, -0.15) is 13.2 Å². The van der Waals surface area contributed by atoms with Crippen molar-refractivity contribution in [1.82, 2.24) is 4.90 Å². The number of anilines is 1. The summed E-state index contributed by atoms with van der Waals surface area (Å²) in [6.07, 6.45) is -3.75. The van der Waals surface area contributed by atoms with Gasteiger partial charge in [-0.3, -0.25) is 4.79 Å². The number of alkyl halides is 3. The molecule has 0 radical (unpaired) electrons. The third kappa shape index (κ3) is 4.09. The van der Waals surface area contributed by atoms with Crippen LogP contribution in [-0.4, -0.2) is 35.4 Å². The van der Waals surface area contributed by atoms with Gasteiger partial charge in [0.1, 0.15) is 11.4 Å². The zero-order valence-corrected chi connectivity index (χ0v) is 16.5. The fraction of sp³-hybridized carbons (Fsp3) is 0.333. The summed E-state index contributed by atoms with van der Waals surface area (Å²) in [5.41, 5.74) is -1.04. The lowest BCUT2D eigenvalue weighted by Crippen LogP contribution is -2.53. The van der Waals surface area contributed by atoms with Crippen molar-refractivity contribution in [2.45, 2.75) is 31.0 Å². The van der Waals surface area contributed by atoms with Crippen LogP contribution in [0.3, 0.4) is 0 Å². The summed E-state index contributed by atoms with van der Waals surface area (Å²) in [7, 11) is 0. The highest BCUT2D eigenvalue weighted by molar-refractivity contribution is 6.30. The molecule has 2 amide bonds. The number of nitrogens with zero attached hydrogens (tertiary/aromatic N) is 1. The monoisotopic (exact) mass is 438 g/mol. The van der Waals surface area contributed by atoms with Crippen LogP contribution >= 0.6 is 11.6 Å². The summed E-state index contributed by atoms with van der Waals surface area (Å²) in [5.74, 6) is -0.292. The maximum atomic E-state index is 13.0. The van der Waals surface area contributed by atoms with Gasteiger partial charge in [0.15, 0.2) is 5.78 Å². The van der Waals surface area contributed by atoms with E-state index in [4.69, 9.17) is 16.3 Å². The number of urea groups is 1. The van der Waals surface area contributed by atoms with Gasteiger partial charge in [-0.25, -0.2) is 4.79 Å². The summed E-state index contributed by atoms with van der Waals surface area (Å²) in [6, 6.07) is 9.39. The van der Waals surface area contributed by atoms with E-state index in [9.17, 15) is 22.8 Å². The van der Waals surface area contributed by atoms with Crippen LogP contribution in [0, 0.1) is 0 Å². The van der Waals surface area contributed by atoms with Crippen LogP contribution in [0.4, 0.5) is 23.7 Å². The molecule has 4 rings (SSSR count). The summed E-state index contributed by atoms with van der Waals surface area (Å²) >= 11 is 5.92. The highest BCUT2D eigenvalue weighted by Crippen LogP contribution is 2.42. The smallest absolute Gasteiger partial charge is 0.416 e. The Balaban J connectivity index is 1.45. The molecule has 1 spiro atoms. The first-order valence-electron chi connectivity index (χ1n) is 9.40. The summed E-state index contributed by atoms with van der Waals surface area (Å²) < 4.78 is 45.0. The van der Waals surface area contributed by atoms with Gasteiger partial charge in [-0.1, -0.05) is 17.7 Å². The molecule has 9 heteroatoms. The maximum Gasteiger partial charge on any atom is 0.416 e. The SMILES string of the molecule is O=C1CC2(CCN(C(=O)Nc3cccc(Cl)c3)CC2)Oc2cc(C(F)(F)F)ccc21. The average Bonchev–Trinajstić information content (AvgIpc) is 2.67. The zero-order chi connectivity index (χ0) is 21.5. The largest absolute Gasteiger partial charge is 0.486 e. The van der Waals surface area contributed by atoms with Crippen LogP contribution in [0.5, 0.6) is 5.75 Å². The van der Waals surface area contributed by atoms with Gasteiger partial charge in [0.2, 0.25) is 0 Å². The minimum absolute atomic E-state index is 0.0436. The molecule has 0 aliphatic carbocycles. The summed E-state index contributed by atoms with van der Waals surface area (Å²) in [4.78, 5) is 26.6. The fourth-order valence-corrected chi connectivity index (χ4v) is 4.03. The minimum atomic E-state index is -4.52. The number of halogens is 4. The zero-order valence-electron chi connectivity index (χ0n) is 15.8. The van der Waals surface area contributed by atoms with Gasteiger partial charge in [0.25, 0.3) is 0 Å². The van der Waals surface area contributed by atoms with Crippen molar-refractivity contribution >= 4 is 29.1 Å². The molecule has 0 unspecified atom stereocenters. The first-order valence-corrected chi connectivity index (χ1v) is 9.78. The molecule has 0 saturated carbocycles. The second kappa shape index (κ2) is 7.50. The number of fused-ring (bicyclic) bond motifs is 1. The molecule has 1 fully saturated rings.